The Labute approximate surface area is 169 Å². The zero-order valence-corrected chi connectivity index (χ0v) is 17.2. The number of hydrogen-bond acceptors (Lipinski definition) is 5. The van der Waals surface area contributed by atoms with Gasteiger partial charge in [-0.25, -0.2) is 0 Å². The molecule has 0 saturated carbocycles. The molecule has 3 aromatic rings. The van der Waals surface area contributed by atoms with Gasteiger partial charge in [-0.2, -0.15) is 0 Å². The van der Waals surface area contributed by atoms with Crippen LogP contribution in [0.2, 0.25) is 0 Å². The number of rotatable bonds is 7. The van der Waals surface area contributed by atoms with E-state index in [-0.39, 0.29) is 11.7 Å². The number of aryl methyl sites for hydroxylation is 2. The molecule has 0 fully saturated rings. The highest BCUT2D eigenvalue weighted by Crippen LogP contribution is 2.34. The van der Waals surface area contributed by atoms with Crippen molar-refractivity contribution < 1.29 is 18.7 Å². The lowest BCUT2D eigenvalue weighted by molar-refractivity contribution is 0.0918. The highest BCUT2D eigenvalue weighted by Gasteiger charge is 2.15. The molecule has 6 heteroatoms. The molecule has 0 bridgehead atoms. The fourth-order valence-corrected chi connectivity index (χ4v) is 3.84. The first kappa shape index (κ1) is 19.9. The largest absolute Gasteiger partial charge is 0.493 e. The summed E-state index contributed by atoms with van der Waals surface area (Å²) in [6, 6.07) is 15.2. The Morgan fingerprint density at radius 3 is 2.39 bits per heavy atom. The molecule has 28 heavy (non-hydrogen) atoms. The van der Waals surface area contributed by atoms with E-state index in [1.807, 2.05) is 30.3 Å². The first-order valence-electron chi connectivity index (χ1n) is 8.85. The number of carbonyl (C=O) groups excluding carboxylic acids is 1. The molecule has 1 aromatic heterocycles. The lowest BCUT2D eigenvalue weighted by Gasteiger charge is -2.12. The molecule has 0 saturated heterocycles. The highest BCUT2D eigenvalue weighted by molar-refractivity contribution is 7.99. The Bertz CT molecular complexity index is 960. The summed E-state index contributed by atoms with van der Waals surface area (Å²) in [5.41, 5.74) is 3.18. The molecular weight excluding hydrogens is 374 g/mol. The van der Waals surface area contributed by atoms with Gasteiger partial charge in [-0.05, 0) is 43.2 Å². The van der Waals surface area contributed by atoms with E-state index in [2.05, 4.69) is 31.3 Å². The summed E-state index contributed by atoms with van der Waals surface area (Å²) >= 11 is 1.52. The van der Waals surface area contributed by atoms with Crippen LogP contribution < -0.4 is 14.8 Å². The van der Waals surface area contributed by atoms with Crippen molar-refractivity contribution in [2.24, 2.45) is 0 Å². The molecule has 0 spiro atoms. The van der Waals surface area contributed by atoms with Gasteiger partial charge in [0.25, 0.3) is 5.91 Å². The van der Waals surface area contributed by atoms with Crippen LogP contribution in [0, 0.1) is 13.8 Å². The predicted octanol–water partition coefficient (Wildman–Crippen LogP) is 4.99. The molecule has 3 rings (SSSR count). The first-order chi connectivity index (χ1) is 13.5. The van der Waals surface area contributed by atoms with E-state index >= 15 is 0 Å². The van der Waals surface area contributed by atoms with E-state index in [9.17, 15) is 4.79 Å². The maximum atomic E-state index is 12.5. The zero-order chi connectivity index (χ0) is 20.1. The number of benzene rings is 2. The summed E-state index contributed by atoms with van der Waals surface area (Å²) in [7, 11) is 3.16. The van der Waals surface area contributed by atoms with Gasteiger partial charge in [0.2, 0.25) is 0 Å². The molecule has 1 N–H and O–H groups in total. The number of furan rings is 1. The topological polar surface area (TPSA) is 60.7 Å². The van der Waals surface area contributed by atoms with Gasteiger partial charge in [-0.1, -0.05) is 42.1 Å². The van der Waals surface area contributed by atoms with Crippen molar-refractivity contribution in [3.05, 3.63) is 71.0 Å². The van der Waals surface area contributed by atoms with E-state index in [0.717, 1.165) is 10.5 Å². The van der Waals surface area contributed by atoms with Crippen LogP contribution in [0.3, 0.4) is 0 Å². The molecule has 1 heterocycles. The van der Waals surface area contributed by atoms with E-state index in [1.54, 1.807) is 20.3 Å². The van der Waals surface area contributed by atoms with Gasteiger partial charge >= 0.3 is 0 Å². The van der Waals surface area contributed by atoms with Crippen LogP contribution >= 0.6 is 11.8 Å². The van der Waals surface area contributed by atoms with Crippen molar-refractivity contribution in [2.45, 2.75) is 30.4 Å². The van der Waals surface area contributed by atoms with Crippen LogP contribution in [-0.2, 0) is 6.54 Å². The van der Waals surface area contributed by atoms with Gasteiger partial charge in [-0.3, -0.25) is 4.79 Å². The molecule has 0 aliphatic rings. The molecule has 0 aliphatic heterocycles. The van der Waals surface area contributed by atoms with Crippen LogP contribution in [0.25, 0.3) is 0 Å². The molecule has 146 valence electrons. The lowest BCUT2D eigenvalue weighted by Crippen LogP contribution is -2.22. The van der Waals surface area contributed by atoms with Crippen LogP contribution in [0.1, 0.15) is 27.2 Å². The molecule has 5 nitrogen and oxygen atoms in total. The van der Waals surface area contributed by atoms with E-state index < -0.39 is 0 Å². The maximum Gasteiger partial charge on any atom is 0.287 e. The monoisotopic (exact) mass is 397 g/mol. The smallest absolute Gasteiger partial charge is 0.287 e. The van der Waals surface area contributed by atoms with E-state index in [1.165, 1.54) is 22.9 Å². The Hall–Kier alpha value is -2.86. The first-order valence-corrected chi connectivity index (χ1v) is 9.67. The number of ether oxygens (including phenoxy) is 2. The summed E-state index contributed by atoms with van der Waals surface area (Å²) in [5.74, 6) is 1.23. The Morgan fingerprint density at radius 2 is 1.71 bits per heavy atom. The summed E-state index contributed by atoms with van der Waals surface area (Å²) in [5, 5.41) is 3.55. The van der Waals surface area contributed by atoms with Gasteiger partial charge in [0, 0.05) is 17.0 Å². The van der Waals surface area contributed by atoms with Crippen molar-refractivity contribution in [2.75, 3.05) is 14.2 Å². The maximum absolute atomic E-state index is 12.5. The number of methoxy groups -OCH3 is 2. The second kappa shape index (κ2) is 8.89. The zero-order valence-electron chi connectivity index (χ0n) is 16.4. The van der Waals surface area contributed by atoms with E-state index in [4.69, 9.17) is 13.9 Å². The third kappa shape index (κ3) is 4.34. The standard InChI is InChI=1S/C22H23NO4S/c1-14-7-5-8-15(2)21(14)28-19-12-11-18(27-19)22(24)23-13-16-9-6-10-17(25-3)20(16)26-4/h5-12H,13H2,1-4H3,(H,23,24). The van der Waals surface area contributed by atoms with Crippen LogP contribution in [0.5, 0.6) is 11.5 Å². The molecule has 0 radical (unpaired) electrons. The summed E-state index contributed by atoms with van der Waals surface area (Å²) in [6.07, 6.45) is 0. The molecule has 1 amide bonds. The van der Waals surface area contributed by atoms with Gasteiger partial charge in [0.15, 0.2) is 22.4 Å². The fourth-order valence-electron chi connectivity index (χ4n) is 2.91. The summed E-state index contributed by atoms with van der Waals surface area (Å²) in [4.78, 5) is 13.6. The third-order valence-corrected chi connectivity index (χ3v) is 5.61. The van der Waals surface area contributed by atoms with Gasteiger partial charge in [0.1, 0.15) is 0 Å². The van der Waals surface area contributed by atoms with Crippen molar-refractivity contribution in [3.8, 4) is 11.5 Å². The number of nitrogens with one attached hydrogen (secondary N) is 1. The minimum atomic E-state index is -0.279. The lowest BCUT2D eigenvalue weighted by atomic mass is 10.2. The molecule has 0 unspecified atom stereocenters. The average Bonchev–Trinajstić information content (AvgIpc) is 3.17. The summed E-state index contributed by atoms with van der Waals surface area (Å²) in [6.45, 7) is 4.43. The van der Waals surface area contributed by atoms with E-state index in [0.29, 0.717) is 23.1 Å². The second-order valence-corrected chi connectivity index (χ2v) is 7.29. The minimum Gasteiger partial charge on any atom is -0.493 e. The SMILES string of the molecule is COc1cccc(CNC(=O)c2ccc(Sc3c(C)cccc3C)o2)c1OC. The Kier molecular flexibility index (Phi) is 6.31. The minimum absolute atomic E-state index is 0.274. The summed E-state index contributed by atoms with van der Waals surface area (Å²) < 4.78 is 16.4. The average molecular weight is 397 g/mol. The van der Waals surface area contributed by atoms with Crippen LogP contribution in [0.15, 0.2) is 62.9 Å². The molecule has 2 aromatic carbocycles. The third-order valence-electron chi connectivity index (χ3n) is 4.34. The molecule has 0 atom stereocenters. The Morgan fingerprint density at radius 1 is 1.00 bits per heavy atom. The highest BCUT2D eigenvalue weighted by atomic mass is 32.2. The van der Waals surface area contributed by atoms with Crippen molar-refractivity contribution in [1.82, 2.24) is 5.32 Å². The van der Waals surface area contributed by atoms with Crippen LogP contribution in [0.4, 0.5) is 0 Å². The van der Waals surface area contributed by atoms with Gasteiger partial charge in [0.05, 0.1) is 14.2 Å². The normalized spacial score (nSPS) is 10.6. The van der Waals surface area contributed by atoms with Crippen molar-refractivity contribution >= 4 is 17.7 Å². The van der Waals surface area contributed by atoms with Crippen molar-refractivity contribution in [1.29, 1.82) is 0 Å². The predicted molar refractivity (Wildman–Crippen MR) is 109 cm³/mol. The van der Waals surface area contributed by atoms with Gasteiger partial charge in [-0.15, -0.1) is 0 Å². The molecule has 0 aliphatic carbocycles. The Balaban J connectivity index is 1.68. The number of para-hydroxylation sites is 1. The van der Waals surface area contributed by atoms with Crippen LogP contribution in [-0.4, -0.2) is 20.1 Å². The fraction of sp³-hybridized carbons (Fsp3) is 0.227. The second-order valence-electron chi connectivity index (χ2n) is 6.28. The number of amides is 1. The van der Waals surface area contributed by atoms with Gasteiger partial charge < -0.3 is 19.2 Å². The quantitative estimate of drug-likeness (QED) is 0.608. The number of hydrogen-bond donors (Lipinski definition) is 1. The number of carbonyl (C=O) groups is 1. The van der Waals surface area contributed by atoms with Crippen molar-refractivity contribution in [3.63, 3.8) is 0 Å². The molecular formula is C22H23NO4S.